The zero-order chi connectivity index (χ0) is 15.7. The fourth-order valence-corrected chi connectivity index (χ4v) is 2.66. The lowest BCUT2D eigenvalue weighted by Crippen LogP contribution is -2.29. The van der Waals surface area contributed by atoms with Gasteiger partial charge in [0.15, 0.2) is 0 Å². The molecule has 7 nitrogen and oxygen atoms in total. The van der Waals surface area contributed by atoms with E-state index < -0.39 is 0 Å². The third-order valence-electron chi connectivity index (χ3n) is 4.02. The average molecular weight is 302 g/mol. The first-order valence-electron chi connectivity index (χ1n) is 7.66. The molecule has 2 heterocycles. The number of anilines is 1. The molecule has 0 radical (unpaired) electrons. The van der Waals surface area contributed by atoms with Crippen LogP contribution < -0.4 is 10.6 Å². The average Bonchev–Trinajstić information content (AvgIpc) is 3.17. The normalized spacial score (nSPS) is 14.1. The van der Waals surface area contributed by atoms with E-state index in [0.29, 0.717) is 12.5 Å². The van der Waals surface area contributed by atoms with Crippen LogP contribution in [0.3, 0.4) is 0 Å². The summed E-state index contributed by atoms with van der Waals surface area (Å²) >= 11 is 0. The zero-order valence-electron chi connectivity index (χ0n) is 13.3. The molecule has 118 valence electrons. The lowest BCUT2D eigenvalue weighted by Gasteiger charge is -2.09. The fraction of sp³-hybridized carbons (Fsp3) is 0.533. The molecule has 0 unspecified atom stereocenters. The largest absolute Gasteiger partial charge is 0.332 e. The van der Waals surface area contributed by atoms with Crippen LogP contribution in [-0.4, -0.2) is 25.6 Å². The monoisotopic (exact) mass is 302 g/mol. The number of nitrogens with one attached hydrogen (secondary N) is 2. The molecule has 2 amide bonds. The Kier molecular flexibility index (Phi) is 3.87. The maximum Gasteiger partial charge on any atom is 0.319 e. The molecule has 2 N–H and O–H groups in total. The smallest absolute Gasteiger partial charge is 0.319 e. The highest BCUT2D eigenvalue weighted by Gasteiger charge is 2.28. The molecule has 2 aromatic heterocycles. The van der Waals surface area contributed by atoms with Crippen LogP contribution in [0.15, 0.2) is 12.4 Å². The summed E-state index contributed by atoms with van der Waals surface area (Å²) in [7, 11) is 3.76. The van der Waals surface area contributed by atoms with Crippen molar-refractivity contribution in [1.82, 2.24) is 24.9 Å². The van der Waals surface area contributed by atoms with Crippen LogP contribution in [0.5, 0.6) is 0 Å². The molecule has 0 saturated heterocycles. The SMILES string of the molecule is CCc1nn(C)cc1NC(=O)NCc1c(C2CC2)cnn1C. The molecule has 0 atom stereocenters. The number of urea groups is 1. The highest BCUT2D eigenvalue weighted by Crippen LogP contribution is 2.41. The molecule has 2 aromatic rings. The van der Waals surface area contributed by atoms with Crippen molar-refractivity contribution >= 4 is 11.7 Å². The van der Waals surface area contributed by atoms with Gasteiger partial charge in [0.2, 0.25) is 0 Å². The van der Waals surface area contributed by atoms with Crippen LogP contribution in [-0.2, 0) is 27.1 Å². The van der Waals surface area contributed by atoms with E-state index in [1.165, 1.54) is 18.4 Å². The minimum absolute atomic E-state index is 0.217. The third-order valence-corrected chi connectivity index (χ3v) is 4.02. The summed E-state index contributed by atoms with van der Waals surface area (Å²) in [5.41, 5.74) is 3.99. The molecule has 0 aliphatic heterocycles. The minimum Gasteiger partial charge on any atom is -0.332 e. The summed E-state index contributed by atoms with van der Waals surface area (Å²) in [5.74, 6) is 0.624. The predicted molar refractivity (Wildman–Crippen MR) is 83.6 cm³/mol. The Labute approximate surface area is 129 Å². The molecule has 3 rings (SSSR count). The van der Waals surface area contributed by atoms with E-state index in [4.69, 9.17) is 0 Å². The molecule has 1 aliphatic carbocycles. The van der Waals surface area contributed by atoms with E-state index in [9.17, 15) is 4.79 Å². The number of carbonyl (C=O) groups excluding carboxylic acids is 1. The van der Waals surface area contributed by atoms with Crippen molar-refractivity contribution in [1.29, 1.82) is 0 Å². The van der Waals surface area contributed by atoms with Gasteiger partial charge in [0.25, 0.3) is 0 Å². The number of nitrogens with zero attached hydrogens (tertiary/aromatic N) is 4. The van der Waals surface area contributed by atoms with Crippen molar-refractivity contribution in [3.05, 3.63) is 29.3 Å². The Hall–Kier alpha value is -2.31. The molecule has 0 aromatic carbocycles. The third kappa shape index (κ3) is 2.98. The van der Waals surface area contributed by atoms with E-state index in [0.717, 1.165) is 23.5 Å². The molecule has 1 saturated carbocycles. The van der Waals surface area contributed by atoms with Gasteiger partial charge in [-0.1, -0.05) is 6.92 Å². The summed E-state index contributed by atoms with van der Waals surface area (Å²) < 4.78 is 3.55. The second kappa shape index (κ2) is 5.82. The van der Waals surface area contributed by atoms with Crippen LogP contribution in [0, 0.1) is 0 Å². The van der Waals surface area contributed by atoms with Gasteiger partial charge in [-0.15, -0.1) is 0 Å². The van der Waals surface area contributed by atoms with Crippen molar-refractivity contribution in [2.75, 3.05) is 5.32 Å². The summed E-state index contributed by atoms with van der Waals surface area (Å²) in [6.45, 7) is 2.50. The standard InChI is InChI=1S/C15H22N6O/c1-4-12-13(9-20(2)19-12)18-15(22)16-8-14-11(10-5-6-10)7-17-21(14)3/h7,9-10H,4-6,8H2,1-3H3,(H2,16,18,22). The van der Waals surface area contributed by atoms with Gasteiger partial charge in [0.1, 0.15) is 0 Å². The number of aryl methyl sites for hydroxylation is 3. The van der Waals surface area contributed by atoms with E-state index in [2.05, 4.69) is 20.8 Å². The van der Waals surface area contributed by atoms with Gasteiger partial charge >= 0.3 is 6.03 Å². The van der Waals surface area contributed by atoms with Crippen molar-refractivity contribution in [2.45, 2.75) is 38.6 Å². The Bertz CT molecular complexity index is 682. The van der Waals surface area contributed by atoms with Crippen LogP contribution in [0.4, 0.5) is 10.5 Å². The number of hydrogen-bond acceptors (Lipinski definition) is 3. The quantitative estimate of drug-likeness (QED) is 0.886. The first kappa shape index (κ1) is 14.6. The van der Waals surface area contributed by atoms with Crippen molar-refractivity contribution in [2.24, 2.45) is 14.1 Å². The molecular formula is C15H22N6O. The molecular weight excluding hydrogens is 280 g/mol. The summed E-state index contributed by atoms with van der Waals surface area (Å²) in [6, 6.07) is -0.217. The van der Waals surface area contributed by atoms with Gasteiger partial charge in [-0.25, -0.2) is 4.79 Å². The number of hydrogen-bond donors (Lipinski definition) is 2. The van der Waals surface area contributed by atoms with Gasteiger partial charge in [0, 0.05) is 20.3 Å². The van der Waals surface area contributed by atoms with Gasteiger partial charge in [-0.3, -0.25) is 9.36 Å². The van der Waals surface area contributed by atoms with E-state index in [1.54, 1.807) is 4.68 Å². The van der Waals surface area contributed by atoms with Crippen LogP contribution >= 0.6 is 0 Å². The summed E-state index contributed by atoms with van der Waals surface area (Å²) in [5, 5.41) is 14.4. The highest BCUT2D eigenvalue weighted by atomic mass is 16.2. The van der Waals surface area contributed by atoms with E-state index >= 15 is 0 Å². The maximum absolute atomic E-state index is 12.1. The second-order valence-electron chi connectivity index (χ2n) is 5.77. The second-order valence-corrected chi connectivity index (χ2v) is 5.77. The molecule has 7 heteroatoms. The summed E-state index contributed by atoms with van der Waals surface area (Å²) in [4.78, 5) is 12.1. The van der Waals surface area contributed by atoms with Crippen molar-refractivity contribution < 1.29 is 4.79 Å². The van der Waals surface area contributed by atoms with E-state index in [-0.39, 0.29) is 6.03 Å². The Balaban J connectivity index is 1.62. The first-order valence-corrected chi connectivity index (χ1v) is 7.66. The minimum atomic E-state index is -0.217. The van der Waals surface area contributed by atoms with Crippen LogP contribution in [0.2, 0.25) is 0 Å². The molecule has 22 heavy (non-hydrogen) atoms. The highest BCUT2D eigenvalue weighted by molar-refractivity contribution is 5.89. The number of rotatable bonds is 5. The predicted octanol–water partition coefficient (Wildman–Crippen LogP) is 1.92. The Morgan fingerprint density at radius 2 is 2.18 bits per heavy atom. The van der Waals surface area contributed by atoms with Gasteiger partial charge in [0.05, 0.1) is 29.8 Å². The zero-order valence-corrected chi connectivity index (χ0v) is 13.3. The van der Waals surface area contributed by atoms with Gasteiger partial charge in [-0.2, -0.15) is 10.2 Å². The number of aromatic nitrogens is 4. The summed E-state index contributed by atoms with van der Waals surface area (Å²) in [6.07, 6.45) is 6.96. The molecule has 1 fully saturated rings. The molecule has 0 bridgehead atoms. The first-order chi connectivity index (χ1) is 10.6. The van der Waals surface area contributed by atoms with Crippen molar-refractivity contribution in [3.8, 4) is 0 Å². The lowest BCUT2D eigenvalue weighted by atomic mass is 10.1. The van der Waals surface area contributed by atoms with Gasteiger partial charge < -0.3 is 10.6 Å². The Morgan fingerprint density at radius 3 is 2.86 bits per heavy atom. The van der Waals surface area contributed by atoms with Crippen LogP contribution in [0.25, 0.3) is 0 Å². The molecule has 0 spiro atoms. The topological polar surface area (TPSA) is 76.8 Å². The number of amides is 2. The van der Waals surface area contributed by atoms with Gasteiger partial charge in [-0.05, 0) is 30.7 Å². The van der Waals surface area contributed by atoms with Crippen LogP contribution in [0.1, 0.15) is 42.6 Å². The lowest BCUT2D eigenvalue weighted by molar-refractivity contribution is 0.251. The van der Waals surface area contributed by atoms with E-state index in [1.807, 2.05) is 38.1 Å². The fourth-order valence-electron chi connectivity index (χ4n) is 2.66. The Morgan fingerprint density at radius 1 is 1.41 bits per heavy atom. The number of carbonyl (C=O) groups is 1. The molecule has 1 aliphatic rings. The van der Waals surface area contributed by atoms with Crippen molar-refractivity contribution in [3.63, 3.8) is 0 Å². The maximum atomic E-state index is 12.1.